The van der Waals surface area contributed by atoms with Crippen LogP contribution >= 0.6 is 0 Å². The van der Waals surface area contributed by atoms with Crippen LogP contribution in [0, 0.1) is 39.9 Å². The number of para-hydroxylation sites is 1. The van der Waals surface area contributed by atoms with Crippen molar-refractivity contribution >= 4 is 28.0 Å². The zero-order valence-electron chi connectivity index (χ0n) is 20.7. The first-order valence-electron chi connectivity index (χ1n) is 13.0. The van der Waals surface area contributed by atoms with Crippen molar-refractivity contribution in [2.75, 3.05) is 4.90 Å². The Morgan fingerprint density at radius 3 is 2.74 bits per heavy atom. The minimum Gasteiger partial charge on any atom is -0.333 e. The summed E-state index contributed by atoms with van der Waals surface area (Å²) in [5.41, 5.74) is 9.14. The van der Waals surface area contributed by atoms with E-state index in [-0.39, 0.29) is 17.9 Å². The van der Waals surface area contributed by atoms with Crippen LogP contribution in [0.1, 0.15) is 41.1 Å². The minimum atomic E-state index is -0.225. The lowest BCUT2D eigenvalue weighted by atomic mass is 9.88. The molecule has 3 aliphatic carbocycles. The van der Waals surface area contributed by atoms with E-state index in [9.17, 15) is 15.8 Å². The van der Waals surface area contributed by atoms with Gasteiger partial charge in [0.2, 0.25) is 0 Å². The molecule has 5 heteroatoms. The molecule has 3 unspecified atom stereocenters. The normalized spacial score (nSPS) is 22.8. The average Bonchev–Trinajstić information content (AvgIpc) is 3.49. The van der Waals surface area contributed by atoms with Crippen molar-refractivity contribution in [1.29, 1.82) is 15.8 Å². The van der Waals surface area contributed by atoms with Crippen molar-refractivity contribution in [3.8, 4) is 18.2 Å². The van der Waals surface area contributed by atoms with Gasteiger partial charge in [0.1, 0.15) is 0 Å². The second-order valence-electron chi connectivity index (χ2n) is 10.1. The van der Waals surface area contributed by atoms with Gasteiger partial charge in [-0.25, -0.2) is 0 Å². The molecule has 38 heavy (non-hydrogen) atoms. The Kier molecular flexibility index (Phi) is 4.97. The van der Waals surface area contributed by atoms with Gasteiger partial charge >= 0.3 is 0 Å². The summed E-state index contributed by atoms with van der Waals surface area (Å²) >= 11 is 0. The predicted molar refractivity (Wildman–Crippen MR) is 148 cm³/mol. The molecular weight excluding hydrogens is 466 g/mol. The van der Waals surface area contributed by atoms with Crippen LogP contribution in [0.3, 0.4) is 0 Å². The number of nitriles is 3. The summed E-state index contributed by atoms with van der Waals surface area (Å²) in [6.07, 6.45) is 17.1. The summed E-state index contributed by atoms with van der Waals surface area (Å²) in [5.74, 6) is -0.133. The first kappa shape index (κ1) is 22.2. The lowest BCUT2D eigenvalue weighted by molar-refractivity contribution is 0.737. The lowest BCUT2D eigenvalue weighted by Gasteiger charge is -2.33. The third-order valence-electron chi connectivity index (χ3n) is 8.16. The van der Waals surface area contributed by atoms with Crippen LogP contribution in [0.2, 0.25) is 0 Å². The Balaban J connectivity index is 1.48. The summed E-state index contributed by atoms with van der Waals surface area (Å²) in [7, 11) is 0. The number of hydrogen-bond acceptors (Lipinski definition) is 4. The summed E-state index contributed by atoms with van der Waals surface area (Å²) in [6, 6.07) is 21.5. The van der Waals surface area contributed by atoms with Gasteiger partial charge in [-0.1, -0.05) is 48.6 Å². The molecule has 5 nitrogen and oxygen atoms in total. The van der Waals surface area contributed by atoms with Crippen molar-refractivity contribution in [1.82, 2.24) is 4.57 Å². The van der Waals surface area contributed by atoms with Crippen LogP contribution in [-0.4, -0.2) is 10.6 Å². The molecule has 7 rings (SSSR count). The highest BCUT2D eigenvalue weighted by Gasteiger charge is 2.41. The number of benzene rings is 2. The van der Waals surface area contributed by atoms with Gasteiger partial charge in [-0.15, -0.1) is 0 Å². The smallest absolute Gasteiger partial charge is 0.0991 e. The first-order chi connectivity index (χ1) is 18.7. The second kappa shape index (κ2) is 8.52. The molecular formula is C33H23N5. The number of fused-ring (bicyclic) bond motifs is 6. The molecule has 0 fully saturated rings. The molecule has 3 aromatic rings. The van der Waals surface area contributed by atoms with E-state index in [0.717, 1.165) is 46.4 Å². The highest BCUT2D eigenvalue weighted by atomic mass is 15.2. The standard InChI is InChI=1S/C33H23N5/c34-18-21-12-14-29-25(16-21)24-7-2-4-9-28(24)38(29)32-11-5-10-31-33(32)26-17-22(19-35)13-15-30(26)37(31)27-8-3-1-6-23(27)20-36/h1-4,7-9,11-17,23,25,29H,5-6,10H2. The molecule has 3 atom stereocenters. The summed E-state index contributed by atoms with van der Waals surface area (Å²) in [4.78, 5) is 2.42. The Morgan fingerprint density at radius 1 is 1.00 bits per heavy atom. The maximum Gasteiger partial charge on any atom is 0.0991 e. The Labute approximate surface area is 221 Å². The third kappa shape index (κ3) is 3.08. The van der Waals surface area contributed by atoms with Gasteiger partial charge < -0.3 is 9.47 Å². The fourth-order valence-electron chi connectivity index (χ4n) is 6.57. The molecule has 4 aliphatic rings. The molecule has 2 heterocycles. The number of anilines is 1. The van der Waals surface area contributed by atoms with Gasteiger partial charge in [0.25, 0.3) is 0 Å². The van der Waals surface area contributed by atoms with Crippen molar-refractivity contribution in [3.05, 3.63) is 113 Å². The van der Waals surface area contributed by atoms with Crippen molar-refractivity contribution in [3.63, 3.8) is 0 Å². The molecule has 0 saturated carbocycles. The number of allylic oxidation sites excluding steroid dienone is 7. The fourth-order valence-corrected chi connectivity index (χ4v) is 6.57. The van der Waals surface area contributed by atoms with E-state index in [4.69, 9.17) is 0 Å². The monoisotopic (exact) mass is 489 g/mol. The van der Waals surface area contributed by atoms with Gasteiger partial charge in [0, 0.05) is 45.2 Å². The summed E-state index contributed by atoms with van der Waals surface area (Å²) < 4.78 is 2.28. The van der Waals surface area contributed by atoms with Gasteiger partial charge in [-0.3, -0.25) is 0 Å². The van der Waals surface area contributed by atoms with Crippen LogP contribution < -0.4 is 4.90 Å². The highest BCUT2D eigenvalue weighted by Crippen LogP contribution is 2.51. The Morgan fingerprint density at radius 2 is 1.89 bits per heavy atom. The molecule has 2 aromatic carbocycles. The molecule has 0 amide bonds. The zero-order chi connectivity index (χ0) is 25.8. The first-order valence-corrected chi connectivity index (χ1v) is 13.0. The third-order valence-corrected chi connectivity index (χ3v) is 8.16. The predicted octanol–water partition coefficient (Wildman–Crippen LogP) is 6.73. The Hall–Kier alpha value is -5.05. The van der Waals surface area contributed by atoms with E-state index < -0.39 is 0 Å². The van der Waals surface area contributed by atoms with Crippen LogP contribution in [0.5, 0.6) is 0 Å². The topological polar surface area (TPSA) is 79.5 Å². The molecule has 0 N–H and O–H groups in total. The number of hydrogen-bond donors (Lipinski definition) is 0. The maximum atomic E-state index is 9.99. The summed E-state index contributed by atoms with van der Waals surface area (Å²) in [5, 5.41) is 30.4. The zero-order valence-corrected chi connectivity index (χ0v) is 20.7. The van der Waals surface area contributed by atoms with Crippen LogP contribution in [0.4, 0.5) is 5.69 Å². The van der Waals surface area contributed by atoms with E-state index in [1.807, 2.05) is 36.4 Å². The van der Waals surface area contributed by atoms with Gasteiger partial charge in [0.15, 0.2) is 0 Å². The highest BCUT2D eigenvalue weighted by molar-refractivity contribution is 6.02. The lowest BCUT2D eigenvalue weighted by Crippen LogP contribution is -2.33. The largest absolute Gasteiger partial charge is 0.333 e. The van der Waals surface area contributed by atoms with Crippen molar-refractivity contribution in [2.45, 2.75) is 31.2 Å². The van der Waals surface area contributed by atoms with Crippen molar-refractivity contribution < 1.29 is 0 Å². The van der Waals surface area contributed by atoms with Crippen LogP contribution in [0.15, 0.2) is 90.6 Å². The SMILES string of the molecule is N#CC1=CC2c3ccccc3N(C3=CCCc4c3c3cc(C#N)ccc3n4C3=CC=CCC3C#N)C2C=C1. The molecule has 1 aromatic heterocycles. The average molecular weight is 490 g/mol. The molecule has 0 spiro atoms. The minimum absolute atomic E-state index is 0.0583. The fraction of sp³-hybridized carbons (Fsp3) is 0.182. The number of rotatable bonds is 2. The van der Waals surface area contributed by atoms with E-state index in [1.54, 1.807) is 0 Å². The second-order valence-corrected chi connectivity index (χ2v) is 10.1. The number of aromatic nitrogens is 1. The van der Waals surface area contributed by atoms with Gasteiger partial charge in [-0.2, -0.15) is 15.8 Å². The van der Waals surface area contributed by atoms with E-state index in [0.29, 0.717) is 17.6 Å². The maximum absolute atomic E-state index is 9.99. The van der Waals surface area contributed by atoms with Crippen molar-refractivity contribution in [2.24, 2.45) is 5.92 Å². The summed E-state index contributed by atoms with van der Waals surface area (Å²) in [6.45, 7) is 0. The van der Waals surface area contributed by atoms with E-state index in [1.165, 1.54) is 11.3 Å². The number of nitrogens with zero attached hydrogens (tertiary/aromatic N) is 5. The molecule has 0 radical (unpaired) electrons. The molecule has 0 bridgehead atoms. The van der Waals surface area contributed by atoms with Gasteiger partial charge in [0.05, 0.1) is 41.2 Å². The van der Waals surface area contributed by atoms with Gasteiger partial charge in [-0.05, 0) is 61.2 Å². The van der Waals surface area contributed by atoms with Crippen LogP contribution in [0.25, 0.3) is 22.3 Å². The Bertz CT molecular complexity index is 1800. The molecule has 180 valence electrons. The quantitative estimate of drug-likeness (QED) is 0.400. The van der Waals surface area contributed by atoms with E-state index >= 15 is 0 Å². The molecule has 1 aliphatic heterocycles. The molecule has 0 saturated heterocycles. The van der Waals surface area contributed by atoms with Crippen LogP contribution in [-0.2, 0) is 6.42 Å². The van der Waals surface area contributed by atoms with E-state index in [2.05, 4.69) is 76.2 Å².